The van der Waals surface area contributed by atoms with E-state index in [1.165, 1.54) is 0 Å². The SMILES string of the molecule is Cn1cccc1[C@H](O)CC(=O)O. The molecule has 0 aliphatic heterocycles. The Hall–Kier alpha value is -1.29. The first-order chi connectivity index (χ1) is 5.61. The standard InChI is InChI=1S/C8H11NO3/c1-9-4-2-3-6(9)7(10)5-8(11)12/h2-4,7,10H,5H2,1H3,(H,11,12)/t7-/m1/s1. The molecule has 0 unspecified atom stereocenters. The summed E-state index contributed by atoms with van der Waals surface area (Å²) in [6.45, 7) is 0. The third kappa shape index (κ3) is 1.85. The van der Waals surface area contributed by atoms with Gasteiger partial charge in [-0.3, -0.25) is 4.79 Å². The number of carboxylic acids is 1. The Morgan fingerprint density at radius 2 is 2.42 bits per heavy atom. The molecule has 1 rings (SSSR count). The monoisotopic (exact) mass is 169 g/mol. The van der Waals surface area contributed by atoms with Gasteiger partial charge in [0.2, 0.25) is 0 Å². The molecule has 1 aromatic heterocycles. The third-order valence-corrected chi connectivity index (χ3v) is 1.69. The molecule has 0 spiro atoms. The van der Waals surface area contributed by atoms with Crippen molar-refractivity contribution in [1.82, 2.24) is 4.57 Å². The predicted octanol–water partition coefficient (Wildman–Crippen LogP) is 0.533. The maximum absolute atomic E-state index is 10.2. The molecule has 66 valence electrons. The van der Waals surface area contributed by atoms with Crippen LogP contribution in [0.15, 0.2) is 18.3 Å². The zero-order valence-corrected chi connectivity index (χ0v) is 6.77. The average Bonchev–Trinajstić information content (AvgIpc) is 2.33. The Bertz CT molecular complexity index is 280. The van der Waals surface area contributed by atoms with E-state index in [1.54, 1.807) is 29.9 Å². The largest absolute Gasteiger partial charge is 0.481 e. The van der Waals surface area contributed by atoms with Gasteiger partial charge in [-0.05, 0) is 12.1 Å². The first kappa shape index (κ1) is 8.80. The second kappa shape index (κ2) is 3.40. The highest BCUT2D eigenvalue weighted by Crippen LogP contribution is 2.15. The molecular weight excluding hydrogens is 158 g/mol. The first-order valence-electron chi connectivity index (χ1n) is 3.62. The van der Waals surface area contributed by atoms with E-state index in [9.17, 15) is 9.90 Å². The maximum Gasteiger partial charge on any atom is 0.306 e. The Kier molecular flexibility index (Phi) is 2.50. The van der Waals surface area contributed by atoms with Gasteiger partial charge in [-0.25, -0.2) is 0 Å². The van der Waals surface area contributed by atoms with Crippen LogP contribution in [0, 0.1) is 0 Å². The summed E-state index contributed by atoms with van der Waals surface area (Å²) in [6, 6.07) is 3.47. The second-order valence-electron chi connectivity index (χ2n) is 2.66. The van der Waals surface area contributed by atoms with Crippen molar-refractivity contribution in [2.75, 3.05) is 0 Å². The van der Waals surface area contributed by atoms with E-state index < -0.39 is 12.1 Å². The minimum Gasteiger partial charge on any atom is -0.481 e. The van der Waals surface area contributed by atoms with Gasteiger partial charge in [0.25, 0.3) is 0 Å². The topological polar surface area (TPSA) is 62.5 Å². The van der Waals surface area contributed by atoms with Gasteiger partial charge in [0, 0.05) is 18.9 Å². The number of aromatic nitrogens is 1. The van der Waals surface area contributed by atoms with E-state index in [1.807, 2.05) is 0 Å². The molecule has 12 heavy (non-hydrogen) atoms. The van der Waals surface area contributed by atoms with Gasteiger partial charge in [0.15, 0.2) is 0 Å². The Morgan fingerprint density at radius 1 is 1.75 bits per heavy atom. The molecule has 0 aromatic carbocycles. The molecule has 1 aromatic rings. The van der Waals surface area contributed by atoms with Gasteiger partial charge >= 0.3 is 5.97 Å². The fraction of sp³-hybridized carbons (Fsp3) is 0.375. The summed E-state index contributed by atoms with van der Waals surface area (Å²) in [5.41, 5.74) is 0.623. The fourth-order valence-electron chi connectivity index (χ4n) is 1.09. The normalized spacial score (nSPS) is 12.8. The molecule has 0 saturated carbocycles. The minimum absolute atomic E-state index is 0.252. The van der Waals surface area contributed by atoms with Crippen LogP contribution in [-0.4, -0.2) is 20.7 Å². The molecule has 0 saturated heterocycles. The third-order valence-electron chi connectivity index (χ3n) is 1.69. The summed E-state index contributed by atoms with van der Waals surface area (Å²) >= 11 is 0. The number of aryl methyl sites for hydroxylation is 1. The quantitative estimate of drug-likeness (QED) is 0.693. The van der Waals surface area contributed by atoms with Gasteiger partial charge < -0.3 is 14.8 Å². The summed E-state index contributed by atoms with van der Waals surface area (Å²) in [4.78, 5) is 10.2. The molecule has 4 heteroatoms. The van der Waals surface area contributed by atoms with Crippen molar-refractivity contribution in [3.8, 4) is 0 Å². The van der Waals surface area contributed by atoms with Crippen molar-refractivity contribution in [3.63, 3.8) is 0 Å². The van der Waals surface area contributed by atoms with Crippen LogP contribution in [-0.2, 0) is 11.8 Å². The number of carboxylic acid groups (broad SMARTS) is 1. The Morgan fingerprint density at radius 3 is 2.83 bits per heavy atom. The molecule has 0 bridgehead atoms. The van der Waals surface area contributed by atoms with E-state index in [2.05, 4.69) is 0 Å². The van der Waals surface area contributed by atoms with Gasteiger partial charge in [0.1, 0.15) is 6.10 Å². The van der Waals surface area contributed by atoms with Crippen LogP contribution in [0.2, 0.25) is 0 Å². The van der Waals surface area contributed by atoms with E-state index in [0.29, 0.717) is 5.69 Å². The van der Waals surface area contributed by atoms with E-state index >= 15 is 0 Å². The fourth-order valence-corrected chi connectivity index (χ4v) is 1.09. The number of nitrogens with zero attached hydrogens (tertiary/aromatic N) is 1. The number of aliphatic hydroxyl groups is 1. The first-order valence-corrected chi connectivity index (χ1v) is 3.62. The van der Waals surface area contributed by atoms with Crippen molar-refractivity contribution in [2.45, 2.75) is 12.5 Å². The smallest absolute Gasteiger partial charge is 0.306 e. The lowest BCUT2D eigenvalue weighted by molar-refractivity contribution is -0.139. The molecule has 1 atom stereocenters. The van der Waals surface area contributed by atoms with Crippen LogP contribution in [0.3, 0.4) is 0 Å². The molecule has 0 radical (unpaired) electrons. The van der Waals surface area contributed by atoms with Crippen LogP contribution in [0.4, 0.5) is 0 Å². The average molecular weight is 169 g/mol. The maximum atomic E-state index is 10.2. The van der Waals surface area contributed by atoms with Crippen LogP contribution in [0.25, 0.3) is 0 Å². The predicted molar refractivity (Wildman–Crippen MR) is 42.6 cm³/mol. The van der Waals surface area contributed by atoms with E-state index in [0.717, 1.165) is 0 Å². The molecule has 0 aliphatic carbocycles. The summed E-state index contributed by atoms with van der Waals surface area (Å²) in [5.74, 6) is -0.997. The molecular formula is C8H11NO3. The van der Waals surface area contributed by atoms with Crippen molar-refractivity contribution in [2.24, 2.45) is 7.05 Å². The molecule has 0 aliphatic rings. The summed E-state index contributed by atoms with van der Waals surface area (Å²) in [7, 11) is 1.76. The zero-order valence-electron chi connectivity index (χ0n) is 6.77. The highest BCUT2D eigenvalue weighted by Gasteiger charge is 2.13. The Labute approximate surface area is 70.1 Å². The van der Waals surface area contributed by atoms with Crippen molar-refractivity contribution in [1.29, 1.82) is 0 Å². The summed E-state index contributed by atoms with van der Waals surface area (Å²) < 4.78 is 1.70. The summed E-state index contributed by atoms with van der Waals surface area (Å²) in [6.07, 6.45) is 0.598. The van der Waals surface area contributed by atoms with Crippen LogP contribution >= 0.6 is 0 Å². The van der Waals surface area contributed by atoms with Crippen molar-refractivity contribution < 1.29 is 15.0 Å². The number of hydrogen-bond donors (Lipinski definition) is 2. The van der Waals surface area contributed by atoms with E-state index in [-0.39, 0.29) is 6.42 Å². The lowest BCUT2D eigenvalue weighted by atomic mass is 10.2. The number of aliphatic hydroxyl groups excluding tert-OH is 1. The molecule has 1 heterocycles. The summed E-state index contributed by atoms with van der Waals surface area (Å²) in [5, 5.41) is 17.8. The lowest BCUT2D eigenvalue weighted by Gasteiger charge is -2.08. The number of rotatable bonds is 3. The molecule has 2 N–H and O–H groups in total. The number of carbonyl (C=O) groups is 1. The lowest BCUT2D eigenvalue weighted by Crippen LogP contribution is -2.08. The number of hydrogen-bond acceptors (Lipinski definition) is 2. The molecule has 0 amide bonds. The van der Waals surface area contributed by atoms with Crippen LogP contribution in [0.5, 0.6) is 0 Å². The minimum atomic E-state index is -0.997. The van der Waals surface area contributed by atoms with Gasteiger partial charge in [-0.2, -0.15) is 0 Å². The second-order valence-corrected chi connectivity index (χ2v) is 2.66. The Balaban J connectivity index is 2.71. The molecule has 4 nitrogen and oxygen atoms in total. The van der Waals surface area contributed by atoms with Gasteiger partial charge in [0.05, 0.1) is 6.42 Å². The van der Waals surface area contributed by atoms with Crippen LogP contribution in [0.1, 0.15) is 18.2 Å². The van der Waals surface area contributed by atoms with E-state index in [4.69, 9.17) is 5.11 Å². The van der Waals surface area contributed by atoms with Gasteiger partial charge in [-0.15, -0.1) is 0 Å². The zero-order chi connectivity index (χ0) is 9.14. The number of aliphatic carboxylic acids is 1. The highest BCUT2D eigenvalue weighted by molar-refractivity contribution is 5.67. The van der Waals surface area contributed by atoms with Gasteiger partial charge in [-0.1, -0.05) is 0 Å². The highest BCUT2D eigenvalue weighted by atomic mass is 16.4. The van der Waals surface area contributed by atoms with Crippen LogP contribution < -0.4 is 0 Å². The van der Waals surface area contributed by atoms with Crippen molar-refractivity contribution >= 4 is 5.97 Å². The molecule has 0 fully saturated rings. The van der Waals surface area contributed by atoms with Crippen molar-refractivity contribution in [3.05, 3.63) is 24.0 Å².